The van der Waals surface area contributed by atoms with Crippen LogP contribution in [0.25, 0.3) is 0 Å². The lowest BCUT2D eigenvalue weighted by Crippen LogP contribution is -2.29. The molecule has 0 bridgehead atoms. The molecule has 4 heteroatoms. The summed E-state index contributed by atoms with van der Waals surface area (Å²) in [5, 5.41) is 2.01. The van der Waals surface area contributed by atoms with Gasteiger partial charge in [-0.25, -0.2) is 4.98 Å². The van der Waals surface area contributed by atoms with Gasteiger partial charge in [0.25, 0.3) is 0 Å². The van der Waals surface area contributed by atoms with E-state index in [0.29, 0.717) is 6.42 Å². The van der Waals surface area contributed by atoms with Crippen LogP contribution in [-0.2, 0) is 17.6 Å². The molecule has 0 unspecified atom stereocenters. The van der Waals surface area contributed by atoms with Gasteiger partial charge in [-0.3, -0.25) is 4.79 Å². The van der Waals surface area contributed by atoms with Crippen molar-refractivity contribution < 1.29 is 4.79 Å². The number of thiazole rings is 1. The smallest absolute Gasteiger partial charge is 0.227 e. The number of amides is 1. The average Bonchev–Trinajstić information content (AvgIpc) is 3.05. The monoisotopic (exact) mass is 258 g/mol. The Kier molecular flexibility index (Phi) is 3.11. The summed E-state index contributed by atoms with van der Waals surface area (Å²) in [6.45, 7) is 0.815. The number of hydrogen-bond donors (Lipinski definition) is 0. The van der Waals surface area contributed by atoms with Crippen molar-refractivity contribution in [3.8, 4) is 0 Å². The first kappa shape index (κ1) is 11.4. The Hall–Kier alpha value is -1.68. The van der Waals surface area contributed by atoms with Crippen LogP contribution in [0.4, 0.5) is 5.69 Å². The number of carbonyl (C=O) groups is 1. The fourth-order valence-corrected chi connectivity index (χ4v) is 2.92. The number of hydrogen-bond acceptors (Lipinski definition) is 3. The third-order valence-electron chi connectivity index (χ3n) is 3.27. The van der Waals surface area contributed by atoms with Crippen molar-refractivity contribution in [1.29, 1.82) is 0 Å². The van der Waals surface area contributed by atoms with E-state index in [4.69, 9.17) is 0 Å². The van der Waals surface area contributed by atoms with Crippen molar-refractivity contribution in [2.45, 2.75) is 19.3 Å². The number of carbonyl (C=O) groups excluding carboxylic acids is 1. The Morgan fingerprint density at radius 2 is 2.28 bits per heavy atom. The fourth-order valence-electron chi connectivity index (χ4n) is 2.33. The zero-order valence-electron chi connectivity index (χ0n) is 10.0. The lowest BCUT2D eigenvalue weighted by atomic mass is 10.2. The quantitative estimate of drug-likeness (QED) is 0.848. The van der Waals surface area contributed by atoms with E-state index >= 15 is 0 Å². The van der Waals surface area contributed by atoms with Crippen molar-refractivity contribution in [2.75, 3.05) is 11.4 Å². The van der Waals surface area contributed by atoms with Crippen molar-refractivity contribution >= 4 is 22.9 Å². The van der Waals surface area contributed by atoms with E-state index in [-0.39, 0.29) is 5.91 Å². The van der Waals surface area contributed by atoms with Crippen molar-refractivity contribution in [2.24, 2.45) is 0 Å². The normalized spacial score (nSPS) is 13.7. The van der Waals surface area contributed by atoms with Crippen LogP contribution in [-0.4, -0.2) is 17.4 Å². The van der Waals surface area contributed by atoms with Crippen LogP contribution >= 0.6 is 11.3 Å². The fraction of sp³-hybridized carbons (Fsp3) is 0.286. The SMILES string of the molecule is O=C(CCc1cscn1)N1CCc2ccccc21. The van der Waals surface area contributed by atoms with Gasteiger partial charge in [0.05, 0.1) is 11.2 Å². The van der Waals surface area contributed by atoms with E-state index in [1.54, 1.807) is 11.3 Å². The molecule has 1 aromatic heterocycles. The average molecular weight is 258 g/mol. The molecule has 2 aromatic rings. The number of nitrogens with zero attached hydrogens (tertiary/aromatic N) is 2. The van der Waals surface area contributed by atoms with E-state index in [2.05, 4.69) is 11.1 Å². The summed E-state index contributed by atoms with van der Waals surface area (Å²) in [4.78, 5) is 18.3. The van der Waals surface area contributed by atoms with Gasteiger partial charge in [-0.15, -0.1) is 11.3 Å². The summed E-state index contributed by atoms with van der Waals surface area (Å²) in [5.74, 6) is 0.202. The Morgan fingerprint density at radius 1 is 1.39 bits per heavy atom. The molecule has 3 rings (SSSR count). The van der Waals surface area contributed by atoms with E-state index in [0.717, 1.165) is 30.8 Å². The summed E-state index contributed by atoms with van der Waals surface area (Å²) < 4.78 is 0. The maximum Gasteiger partial charge on any atom is 0.227 e. The summed E-state index contributed by atoms with van der Waals surface area (Å²) in [5.41, 5.74) is 5.19. The first-order valence-corrected chi connectivity index (χ1v) is 7.04. The molecule has 18 heavy (non-hydrogen) atoms. The molecular formula is C14H14N2OS. The minimum absolute atomic E-state index is 0.202. The number of fused-ring (bicyclic) bond motifs is 1. The third kappa shape index (κ3) is 2.16. The molecule has 1 aliphatic heterocycles. The largest absolute Gasteiger partial charge is 0.312 e. The predicted octanol–water partition coefficient (Wildman–Crippen LogP) is 2.67. The van der Waals surface area contributed by atoms with Crippen molar-refractivity contribution in [1.82, 2.24) is 4.98 Å². The van der Waals surface area contributed by atoms with Crippen LogP contribution in [0.2, 0.25) is 0 Å². The molecule has 92 valence electrons. The third-order valence-corrected chi connectivity index (χ3v) is 3.90. The van der Waals surface area contributed by atoms with Crippen LogP contribution in [0.5, 0.6) is 0 Å². The van der Waals surface area contributed by atoms with Gasteiger partial charge in [-0.1, -0.05) is 18.2 Å². The lowest BCUT2D eigenvalue weighted by Gasteiger charge is -2.16. The molecule has 2 heterocycles. The highest BCUT2D eigenvalue weighted by molar-refractivity contribution is 7.07. The van der Waals surface area contributed by atoms with E-state index < -0.39 is 0 Å². The molecule has 0 aliphatic carbocycles. The molecule has 0 saturated carbocycles. The number of aromatic nitrogens is 1. The van der Waals surface area contributed by atoms with Gasteiger partial charge in [0, 0.05) is 24.0 Å². The van der Waals surface area contributed by atoms with Gasteiger partial charge in [0.15, 0.2) is 0 Å². The van der Waals surface area contributed by atoms with Gasteiger partial charge in [0.1, 0.15) is 0 Å². The van der Waals surface area contributed by atoms with Gasteiger partial charge >= 0.3 is 0 Å². The second kappa shape index (κ2) is 4.90. The Labute approximate surface area is 110 Å². The molecule has 1 aliphatic rings. The van der Waals surface area contributed by atoms with Crippen molar-refractivity contribution in [3.05, 3.63) is 46.4 Å². The minimum Gasteiger partial charge on any atom is -0.312 e. The zero-order valence-corrected chi connectivity index (χ0v) is 10.8. The lowest BCUT2D eigenvalue weighted by molar-refractivity contribution is -0.118. The highest BCUT2D eigenvalue weighted by Crippen LogP contribution is 2.28. The molecule has 0 spiro atoms. The van der Waals surface area contributed by atoms with Crippen LogP contribution in [0, 0.1) is 0 Å². The summed E-state index contributed by atoms with van der Waals surface area (Å²) in [7, 11) is 0. The Morgan fingerprint density at radius 3 is 3.11 bits per heavy atom. The minimum atomic E-state index is 0.202. The number of para-hydroxylation sites is 1. The molecule has 0 radical (unpaired) electrons. The highest BCUT2D eigenvalue weighted by Gasteiger charge is 2.23. The molecule has 0 fully saturated rings. The highest BCUT2D eigenvalue weighted by atomic mass is 32.1. The maximum absolute atomic E-state index is 12.2. The first-order valence-electron chi connectivity index (χ1n) is 6.10. The zero-order chi connectivity index (χ0) is 12.4. The Bertz CT molecular complexity index is 551. The summed E-state index contributed by atoms with van der Waals surface area (Å²) in [6, 6.07) is 8.15. The van der Waals surface area contributed by atoms with Gasteiger partial charge in [-0.05, 0) is 24.5 Å². The number of aryl methyl sites for hydroxylation is 1. The van der Waals surface area contributed by atoms with Gasteiger partial charge in [0.2, 0.25) is 5.91 Å². The second-order valence-corrected chi connectivity index (χ2v) is 5.12. The van der Waals surface area contributed by atoms with Gasteiger partial charge in [-0.2, -0.15) is 0 Å². The molecular weight excluding hydrogens is 244 g/mol. The topological polar surface area (TPSA) is 33.2 Å². The number of benzene rings is 1. The van der Waals surface area contributed by atoms with Crippen molar-refractivity contribution in [3.63, 3.8) is 0 Å². The van der Waals surface area contributed by atoms with E-state index in [9.17, 15) is 4.79 Å². The maximum atomic E-state index is 12.2. The van der Waals surface area contributed by atoms with Crippen LogP contribution < -0.4 is 4.90 Å². The number of anilines is 1. The standard InChI is InChI=1S/C14H14N2OS/c17-14(6-5-12-9-18-10-15-12)16-8-7-11-3-1-2-4-13(11)16/h1-4,9-10H,5-8H2. The van der Waals surface area contributed by atoms with E-state index in [1.807, 2.05) is 34.0 Å². The molecule has 3 nitrogen and oxygen atoms in total. The number of rotatable bonds is 3. The van der Waals surface area contributed by atoms with Crippen LogP contribution in [0.3, 0.4) is 0 Å². The molecule has 0 N–H and O–H groups in total. The van der Waals surface area contributed by atoms with E-state index in [1.165, 1.54) is 5.56 Å². The molecule has 1 aromatic carbocycles. The van der Waals surface area contributed by atoms with Gasteiger partial charge < -0.3 is 4.90 Å². The second-order valence-electron chi connectivity index (χ2n) is 4.40. The summed E-state index contributed by atoms with van der Waals surface area (Å²) >= 11 is 1.58. The predicted molar refractivity (Wildman–Crippen MR) is 72.9 cm³/mol. The van der Waals surface area contributed by atoms with Crippen LogP contribution in [0.15, 0.2) is 35.2 Å². The summed E-state index contributed by atoms with van der Waals surface area (Å²) in [6.07, 6.45) is 2.25. The molecule has 0 atom stereocenters. The first-order chi connectivity index (χ1) is 8.84. The molecule has 0 saturated heterocycles. The Balaban J connectivity index is 1.67. The molecule has 1 amide bonds. The van der Waals surface area contributed by atoms with Crippen LogP contribution in [0.1, 0.15) is 17.7 Å².